The predicted octanol–water partition coefficient (Wildman–Crippen LogP) is 4.22. The minimum Gasteiger partial charge on any atom is -0.482 e. The van der Waals surface area contributed by atoms with Crippen molar-refractivity contribution in [2.45, 2.75) is 18.7 Å². The Balaban J connectivity index is 1.53. The van der Waals surface area contributed by atoms with E-state index in [1.165, 1.54) is 41.8 Å². The number of anilines is 2. The maximum Gasteiger partial charge on any atom is 0.264 e. The summed E-state index contributed by atoms with van der Waals surface area (Å²) in [5, 5.41) is 7.38. The second kappa shape index (κ2) is 10.4. The Kier molecular flexibility index (Phi) is 7.82. The molecule has 12 heteroatoms. The molecular weight excluding hydrogens is 536 g/mol. The van der Waals surface area contributed by atoms with Gasteiger partial charge in [-0.05, 0) is 83.5 Å². The molecule has 0 aliphatic carbocycles. The van der Waals surface area contributed by atoms with Crippen molar-refractivity contribution in [2.24, 2.45) is 0 Å². The Hall–Kier alpha value is -2.54. The van der Waals surface area contributed by atoms with Crippen LogP contribution in [0, 0.1) is 13.8 Å². The number of aryl methyl sites for hydroxylation is 2. The van der Waals surface area contributed by atoms with Gasteiger partial charge in [-0.1, -0.05) is 6.07 Å². The maximum atomic E-state index is 12.4. The molecule has 1 heterocycles. The molecule has 3 N–H and O–H groups in total. The Labute approximate surface area is 203 Å². The van der Waals surface area contributed by atoms with Gasteiger partial charge in [0, 0.05) is 17.3 Å². The van der Waals surface area contributed by atoms with Crippen LogP contribution in [0.25, 0.3) is 0 Å². The summed E-state index contributed by atoms with van der Waals surface area (Å²) in [6, 6.07) is 9.78. The summed E-state index contributed by atoms with van der Waals surface area (Å²) < 4.78 is 33.5. The number of thiazole rings is 1. The zero-order valence-corrected chi connectivity index (χ0v) is 21.0. The molecular formula is C20H19BrN4O4S3. The van der Waals surface area contributed by atoms with Crippen LogP contribution in [-0.4, -0.2) is 31.0 Å². The molecule has 3 rings (SSSR count). The van der Waals surface area contributed by atoms with Crippen LogP contribution in [0.4, 0.5) is 10.8 Å². The van der Waals surface area contributed by atoms with Crippen LogP contribution in [0.5, 0.6) is 5.75 Å². The monoisotopic (exact) mass is 554 g/mol. The molecule has 0 bridgehead atoms. The van der Waals surface area contributed by atoms with Crippen molar-refractivity contribution in [3.8, 4) is 5.75 Å². The molecule has 32 heavy (non-hydrogen) atoms. The van der Waals surface area contributed by atoms with Crippen LogP contribution in [0.3, 0.4) is 0 Å². The van der Waals surface area contributed by atoms with E-state index in [9.17, 15) is 13.2 Å². The van der Waals surface area contributed by atoms with Gasteiger partial charge in [0.05, 0.1) is 9.37 Å². The van der Waals surface area contributed by atoms with Crippen molar-refractivity contribution >= 4 is 71.3 Å². The maximum absolute atomic E-state index is 12.4. The zero-order valence-electron chi connectivity index (χ0n) is 17.0. The lowest BCUT2D eigenvalue weighted by atomic mass is 10.1. The number of halogens is 1. The van der Waals surface area contributed by atoms with E-state index in [-0.39, 0.29) is 21.7 Å². The van der Waals surface area contributed by atoms with Crippen LogP contribution in [0.2, 0.25) is 0 Å². The van der Waals surface area contributed by atoms with Gasteiger partial charge in [-0.25, -0.2) is 13.4 Å². The van der Waals surface area contributed by atoms with E-state index in [0.717, 1.165) is 15.6 Å². The lowest BCUT2D eigenvalue weighted by molar-refractivity contribution is -0.121. The van der Waals surface area contributed by atoms with Crippen molar-refractivity contribution in [1.82, 2.24) is 10.3 Å². The Bertz CT molecular complexity index is 1210. The van der Waals surface area contributed by atoms with Crippen molar-refractivity contribution in [3.05, 3.63) is 63.6 Å². The van der Waals surface area contributed by atoms with E-state index < -0.39 is 15.9 Å². The average molecular weight is 556 g/mol. The molecule has 168 valence electrons. The quantitative estimate of drug-likeness (QED) is 0.375. The van der Waals surface area contributed by atoms with Gasteiger partial charge in [-0.15, -0.1) is 11.3 Å². The SMILES string of the molecule is Cc1cc(C)c(OCC(=O)NC(=S)Nc2ccc(S(=O)(=O)Nc3nccs3)cc2)c(Br)c1. The molecule has 0 aliphatic heterocycles. The van der Waals surface area contributed by atoms with Gasteiger partial charge >= 0.3 is 0 Å². The number of hydrogen-bond donors (Lipinski definition) is 3. The number of nitrogens with one attached hydrogen (secondary N) is 3. The molecule has 2 aromatic carbocycles. The van der Waals surface area contributed by atoms with Crippen LogP contribution >= 0.6 is 39.5 Å². The Morgan fingerprint density at radius 1 is 1.22 bits per heavy atom. The minimum absolute atomic E-state index is 0.0646. The third-order valence-corrected chi connectivity index (χ3v) is 7.02. The number of ether oxygens (including phenoxy) is 1. The van der Waals surface area contributed by atoms with Gasteiger partial charge < -0.3 is 10.1 Å². The first-order valence-electron chi connectivity index (χ1n) is 9.17. The van der Waals surface area contributed by atoms with Crippen molar-refractivity contribution in [3.63, 3.8) is 0 Å². The van der Waals surface area contributed by atoms with Crippen LogP contribution in [0.1, 0.15) is 11.1 Å². The fourth-order valence-electron chi connectivity index (χ4n) is 2.71. The number of amides is 1. The molecule has 0 unspecified atom stereocenters. The molecule has 3 aromatic rings. The minimum atomic E-state index is -3.74. The molecule has 1 amide bonds. The predicted molar refractivity (Wildman–Crippen MR) is 133 cm³/mol. The highest BCUT2D eigenvalue weighted by molar-refractivity contribution is 9.10. The second-order valence-electron chi connectivity index (χ2n) is 6.65. The van der Waals surface area contributed by atoms with Gasteiger partial charge in [0.15, 0.2) is 16.9 Å². The van der Waals surface area contributed by atoms with Gasteiger partial charge in [0.2, 0.25) is 0 Å². The summed E-state index contributed by atoms with van der Waals surface area (Å²) in [5.41, 5.74) is 2.50. The molecule has 0 aliphatic rings. The van der Waals surface area contributed by atoms with E-state index >= 15 is 0 Å². The van der Waals surface area contributed by atoms with E-state index in [4.69, 9.17) is 17.0 Å². The molecule has 0 radical (unpaired) electrons. The number of thiocarbonyl (C=S) groups is 1. The molecule has 0 fully saturated rings. The Morgan fingerprint density at radius 3 is 2.56 bits per heavy atom. The summed E-state index contributed by atoms with van der Waals surface area (Å²) in [7, 11) is -3.74. The lowest BCUT2D eigenvalue weighted by Crippen LogP contribution is -2.37. The second-order valence-corrected chi connectivity index (χ2v) is 10.5. The molecule has 0 saturated heterocycles. The molecule has 0 atom stereocenters. The normalized spacial score (nSPS) is 11.0. The summed E-state index contributed by atoms with van der Waals surface area (Å²) in [6.45, 7) is 3.65. The van der Waals surface area contributed by atoms with Crippen LogP contribution in [-0.2, 0) is 14.8 Å². The number of hydrogen-bond acceptors (Lipinski definition) is 7. The van der Waals surface area contributed by atoms with Crippen molar-refractivity contribution < 1.29 is 17.9 Å². The van der Waals surface area contributed by atoms with E-state index in [1.807, 2.05) is 26.0 Å². The van der Waals surface area contributed by atoms with Gasteiger partial charge in [0.1, 0.15) is 5.75 Å². The smallest absolute Gasteiger partial charge is 0.264 e. The highest BCUT2D eigenvalue weighted by atomic mass is 79.9. The number of sulfonamides is 1. The van der Waals surface area contributed by atoms with Crippen molar-refractivity contribution in [2.75, 3.05) is 16.6 Å². The third-order valence-electron chi connectivity index (χ3n) is 4.05. The number of benzene rings is 2. The number of aromatic nitrogens is 1. The highest BCUT2D eigenvalue weighted by Crippen LogP contribution is 2.30. The first kappa shape index (κ1) is 24.1. The average Bonchev–Trinajstić information content (AvgIpc) is 3.19. The number of carbonyl (C=O) groups is 1. The number of nitrogens with zero attached hydrogens (tertiary/aromatic N) is 1. The molecule has 1 aromatic heterocycles. The number of rotatable bonds is 7. The van der Waals surface area contributed by atoms with E-state index in [1.54, 1.807) is 5.38 Å². The van der Waals surface area contributed by atoms with Crippen molar-refractivity contribution in [1.29, 1.82) is 0 Å². The fourth-order valence-corrected chi connectivity index (χ4v) is 5.52. The summed E-state index contributed by atoms with van der Waals surface area (Å²) >= 11 is 9.77. The topological polar surface area (TPSA) is 109 Å². The molecule has 0 spiro atoms. The summed E-state index contributed by atoms with van der Waals surface area (Å²) in [5.74, 6) is 0.161. The third kappa shape index (κ3) is 6.48. The van der Waals surface area contributed by atoms with Gasteiger partial charge in [-0.2, -0.15) is 0 Å². The van der Waals surface area contributed by atoms with Crippen LogP contribution in [0.15, 0.2) is 57.3 Å². The fraction of sp³-hybridized carbons (Fsp3) is 0.150. The summed E-state index contributed by atoms with van der Waals surface area (Å²) in [6.07, 6.45) is 1.51. The van der Waals surface area contributed by atoms with Gasteiger partial charge in [-0.3, -0.25) is 14.8 Å². The van der Waals surface area contributed by atoms with E-state index in [2.05, 4.69) is 36.3 Å². The first-order valence-corrected chi connectivity index (χ1v) is 12.7. The molecule has 8 nitrogen and oxygen atoms in total. The first-order chi connectivity index (χ1) is 15.1. The standard InChI is InChI=1S/C20H19BrN4O4S3/c1-12-9-13(2)18(16(21)10-12)29-11-17(26)24-19(30)23-14-3-5-15(6-4-14)32(27,28)25-20-22-7-8-31-20/h3-10H,11H2,1-2H3,(H,22,25)(H2,23,24,26,30). The summed E-state index contributed by atoms with van der Waals surface area (Å²) in [4.78, 5) is 16.1. The molecule has 0 saturated carbocycles. The Morgan fingerprint density at radius 2 is 1.94 bits per heavy atom. The zero-order chi connectivity index (χ0) is 23.3. The van der Waals surface area contributed by atoms with Crippen LogP contribution < -0.4 is 20.1 Å². The van der Waals surface area contributed by atoms with Gasteiger partial charge in [0.25, 0.3) is 15.9 Å². The largest absolute Gasteiger partial charge is 0.482 e. The highest BCUT2D eigenvalue weighted by Gasteiger charge is 2.16. The number of carbonyl (C=O) groups excluding carboxylic acids is 1. The lowest BCUT2D eigenvalue weighted by Gasteiger charge is -2.13. The van der Waals surface area contributed by atoms with E-state index in [0.29, 0.717) is 11.4 Å².